The molecule has 0 aliphatic heterocycles. The molecule has 1 N–H and O–H groups in total. The Morgan fingerprint density at radius 3 is 2.58 bits per heavy atom. The van der Waals surface area contributed by atoms with Crippen molar-refractivity contribution in [2.24, 2.45) is 0 Å². The van der Waals surface area contributed by atoms with E-state index >= 15 is 0 Å². The first-order valence-electron chi connectivity index (χ1n) is 9.95. The van der Waals surface area contributed by atoms with Gasteiger partial charge in [-0.05, 0) is 36.8 Å². The lowest BCUT2D eigenvalue weighted by Gasteiger charge is -2.12. The Balaban J connectivity index is 1.53. The topological polar surface area (TPSA) is 76.9 Å². The standard InChI is InChI=1S/C24H22N4O2S/c1-17-9-11-18(12-10-17)15-28-21-8-3-2-7-20(21)27-23(24(28)30)31-16-22(29)26-14-19-6-4-5-13-25-19/h2-13H,14-16H2,1H3,(H,26,29). The van der Waals surface area contributed by atoms with E-state index in [9.17, 15) is 9.59 Å². The lowest BCUT2D eigenvalue weighted by atomic mass is 10.1. The number of benzene rings is 2. The lowest BCUT2D eigenvalue weighted by Crippen LogP contribution is -2.27. The third kappa shape index (κ3) is 5.19. The Morgan fingerprint density at radius 1 is 1.03 bits per heavy atom. The maximum atomic E-state index is 13.2. The molecule has 0 spiro atoms. The molecule has 0 saturated heterocycles. The smallest absolute Gasteiger partial charge is 0.283 e. The van der Waals surface area contributed by atoms with E-state index in [1.807, 2.05) is 73.7 Å². The molecule has 31 heavy (non-hydrogen) atoms. The fraction of sp³-hybridized carbons (Fsp3) is 0.167. The van der Waals surface area contributed by atoms with E-state index < -0.39 is 0 Å². The summed E-state index contributed by atoms with van der Waals surface area (Å²) < 4.78 is 1.72. The number of aryl methyl sites for hydroxylation is 1. The predicted octanol–water partition coefficient (Wildman–Crippen LogP) is 3.56. The summed E-state index contributed by atoms with van der Waals surface area (Å²) in [5.41, 5.74) is 4.30. The van der Waals surface area contributed by atoms with Crippen LogP contribution in [0.3, 0.4) is 0 Å². The molecule has 2 aromatic carbocycles. The van der Waals surface area contributed by atoms with Gasteiger partial charge in [0.25, 0.3) is 5.56 Å². The van der Waals surface area contributed by atoms with E-state index in [1.165, 1.54) is 5.56 Å². The molecule has 0 aliphatic rings. The van der Waals surface area contributed by atoms with Crippen LogP contribution in [0.5, 0.6) is 0 Å². The molecule has 0 fully saturated rings. The zero-order valence-corrected chi connectivity index (χ0v) is 17.9. The summed E-state index contributed by atoms with van der Waals surface area (Å²) in [7, 11) is 0. The van der Waals surface area contributed by atoms with E-state index in [0.29, 0.717) is 18.1 Å². The Labute approximate surface area is 184 Å². The molecular weight excluding hydrogens is 408 g/mol. The SMILES string of the molecule is Cc1ccc(Cn2c(=O)c(SCC(=O)NCc3ccccn3)nc3ccccc32)cc1. The van der Waals surface area contributed by atoms with E-state index in [4.69, 9.17) is 0 Å². The van der Waals surface area contributed by atoms with Crippen molar-refractivity contribution < 1.29 is 4.79 Å². The van der Waals surface area contributed by atoms with E-state index in [-0.39, 0.29) is 17.2 Å². The van der Waals surface area contributed by atoms with Crippen LogP contribution in [0.15, 0.2) is 82.7 Å². The number of carbonyl (C=O) groups is 1. The van der Waals surface area contributed by atoms with Gasteiger partial charge in [-0.1, -0.05) is 59.8 Å². The van der Waals surface area contributed by atoms with Crippen LogP contribution in [0.1, 0.15) is 16.8 Å². The summed E-state index contributed by atoms with van der Waals surface area (Å²) in [5, 5.41) is 3.14. The van der Waals surface area contributed by atoms with Crippen LogP contribution in [-0.4, -0.2) is 26.2 Å². The van der Waals surface area contributed by atoms with Crippen molar-refractivity contribution in [2.75, 3.05) is 5.75 Å². The number of hydrogen-bond donors (Lipinski definition) is 1. The van der Waals surface area contributed by atoms with Crippen molar-refractivity contribution in [3.05, 3.63) is 100 Å². The summed E-state index contributed by atoms with van der Waals surface area (Å²) in [6, 6.07) is 21.2. The number of thioether (sulfide) groups is 1. The molecule has 2 heterocycles. The van der Waals surface area contributed by atoms with Crippen LogP contribution >= 0.6 is 11.8 Å². The van der Waals surface area contributed by atoms with Crippen molar-refractivity contribution in [3.8, 4) is 0 Å². The average Bonchev–Trinajstić information content (AvgIpc) is 2.80. The Hall–Kier alpha value is -3.45. The maximum Gasteiger partial charge on any atom is 0.283 e. The van der Waals surface area contributed by atoms with E-state index in [1.54, 1.807) is 10.8 Å². The molecule has 4 aromatic rings. The van der Waals surface area contributed by atoms with Gasteiger partial charge in [-0.25, -0.2) is 4.98 Å². The highest BCUT2D eigenvalue weighted by Gasteiger charge is 2.13. The first-order valence-corrected chi connectivity index (χ1v) is 10.9. The number of nitrogens with zero attached hydrogens (tertiary/aromatic N) is 3. The Bertz CT molecular complexity index is 1250. The predicted molar refractivity (Wildman–Crippen MR) is 123 cm³/mol. The zero-order chi connectivity index (χ0) is 21.6. The largest absolute Gasteiger partial charge is 0.350 e. The average molecular weight is 431 g/mol. The van der Waals surface area contributed by atoms with Gasteiger partial charge in [-0.15, -0.1) is 0 Å². The Kier molecular flexibility index (Phi) is 6.43. The van der Waals surface area contributed by atoms with Gasteiger partial charge in [0.2, 0.25) is 5.91 Å². The van der Waals surface area contributed by atoms with E-state index in [2.05, 4.69) is 15.3 Å². The molecule has 0 radical (unpaired) electrons. The third-order valence-corrected chi connectivity index (χ3v) is 5.76. The van der Waals surface area contributed by atoms with Gasteiger partial charge in [0, 0.05) is 6.20 Å². The second-order valence-corrected chi connectivity index (χ2v) is 8.13. The number of pyridine rings is 1. The van der Waals surface area contributed by atoms with Crippen LogP contribution in [0.25, 0.3) is 11.0 Å². The number of fused-ring (bicyclic) bond motifs is 1. The lowest BCUT2D eigenvalue weighted by molar-refractivity contribution is -0.118. The molecule has 0 aliphatic carbocycles. The number of aromatic nitrogens is 3. The van der Waals surface area contributed by atoms with Gasteiger partial charge in [0.1, 0.15) is 0 Å². The molecule has 1 amide bonds. The first kappa shape index (κ1) is 20.8. The third-order valence-electron chi connectivity index (χ3n) is 4.82. The molecule has 2 aromatic heterocycles. The number of para-hydroxylation sites is 2. The first-order chi connectivity index (χ1) is 15.1. The van der Waals surface area contributed by atoms with Gasteiger partial charge in [0.05, 0.1) is 35.6 Å². The molecule has 4 rings (SSSR count). The van der Waals surface area contributed by atoms with Crippen LogP contribution in [-0.2, 0) is 17.9 Å². The zero-order valence-electron chi connectivity index (χ0n) is 17.1. The molecule has 0 atom stereocenters. The minimum absolute atomic E-state index is 0.109. The molecule has 7 heteroatoms. The number of nitrogens with one attached hydrogen (secondary N) is 1. The fourth-order valence-corrected chi connectivity index (χ4v) is 3.94. The quantitative estimate of drug-likeness (QED) is 0.454. The number of amides is 1. The monoisotopic (exact) mass is 430 g/mol. The van der Waals surface area contributed by atoms with Gasteiger partial charge >= 0.3 is 0 Å². The summed E-state index contributed by atoms with van der Waals surface area (Å²) >= 11 is 1.16. The van der Waals surface area contributed by atoms with Gasteiger partial charge < -0.3 is 5.32 Å². The van der Waals surface area contributed by atoms with Gasteiger partial charge in [-0.2, -0.15) is 0 Å². The van der Waals surface area contributed by atoms with Crippen LogP contribution in [0.4, 0.5) is 0 Å². The van der Waals surface area contributed by atoms with Crippen LogP contribution < -0.4 is 10.9 Å². The molecule has 0 saturated carbocycles. The Morgan fingerprint density at radius 2 is 1.81 bits per heavy atom. The summed E-state index contributed by atoms with van der Waals surface area (Å²) in [4.78, 5) is 34.2. The van der Waals surface area contributed by atoms with Crippen molar-refractivity contribution in [1.82, 2.24) is 19.9 Å². The normalized spacial score (nSPS) is 10.9. The highest BCUT2D eigenvalue weighted by Crippen LogP contribution is 2.18. The molecule has 156 valence electrons. The highest BCUT2D eigenvalue weighted by atomic mass is 32.2. The van der Waals surface area contributed by atoms with Crippen molar-refractivity contribution in [1.29, 1.82) is 0 Å². The van der Waals surface area contributed by atoms with Crippen LogP contribution in [0.2, 0.25) is 0 Å². The van der Waals surface area contributed by atoms with Crippen molar-refractivity contribution in [2.45, 2.75) is 25.0 Å². The number of rotatable bonds is 7. The fourth-order valence-electron chi connectivity index (χ4n) is 3.17. The number of carbonyl (C=O) groups excluding carboxylic acids is 1. The summed E-state index contributed by atoms with van der Waals surface area (Å²) in [6.07, 6.45) is 1.69. The van der Waals surface area contributed by atoms with Gasteiger partial charge in [0.15, 0.2) is 5.03 Å². The minimum atomic E-state index is -0.193. The maximum absolute atomic E-state index is 13.2. The summed E-state index contributed by atoms with van der Waals surface area (Å²) in [6.45, 7) is 2.83. The highest BCUT2D eigenvalue weighted by molar-refractivity contribution is 7.99. The second-order valence-electron chi connectivity index (χ2n) is 7.17. The van der Waals surface area contributed by atoms with Crippen molar-refractivity contribution in [3.63, 3.8) is 0 Å². The van der Waals surface area contributed by atoms with Gasteiger partial charge in [-0.3, -0.25) is 19.1 Å². The van der Waals surface area contributed by atoms with Crippen LogP contribution in [0, 0.1) is 6.92 Å². The molecule has 0 unspecified atom stereocenters. The molecule has 6 nitrogen and oxygen atoms in total. The van der Waals surface area contributed by atoms with Crippen molar-refractivity contribution >= 4 is 28.7 Å². The van der Waals surface area contributed by atoms with E-state index in [0.717, 1.165) is 34.1 Å². The number of hydrogen-bond acceptors (Lipinski definition) is 5. The second kappa shape index (κ2) is 9.57. The molecule has 0 bridgehead atoms. The summed E-state index contributed by atoms with van der Waals surface area (Å²) in [5.74, 6) is -0.0621. The molecular formula is C24H22N4O2S. The minimum Gasteiger partial charge on any atom is -0.350 e.